The van der Waals surface area contributed by atoms with Crippen molar-refractivity contribution in [2.75, 3.05) is 20.7 Å². The van der Waals surface area contributed by atoms with Gasteiger partial charge in [-0.15, -0.1) is 0 Å². The van der Waals surface area contributed by atoms with Gasteiger partial charge < -0.3 is 24.6 Å². The molecule has 2 bridgehead atoms. The number of aliphatic hydroxyl groups is 2. The number of benzene rings is 1. The number of rotatable bonds is 1. The molecule has 2 aliphatic heterocycles. The smallest absolute Gasteiger partial charge is 0.166 e. The first kappa shape index (κ1) is 14.1. The lowest BCUT2D eigenvalue weighted by Gasteiger charge is -2.63. The van der Waals surface area contributed by atoms with Crippen LogP contribution >= 0.6 is 0 Å². The van der Waals surface area contributed by atoms with Crippen molar-refractivity contribution >= 4 is 0 Å². The highest BCUT2D eigenvalue weighted by Gasteiger charge is 2.72. The lowest BCUT2D eigenvalue weighted by atomic mass is 9.49. The van der Waals surface area contributed by atoms with Crippen molar-refractivity contribution < 1.29 is 19.7 Å². The number of likely N-dealkylation sites (tertiary alicyclic amines) is 1. The SMILES string of the molecule is COc1ccc2c3c1OC1C(O)CC[C@@]4(O)[C@@H](C2)N(C)CC[C@]314. The Morgan fingerprint density at radius 2 is 2.17 bits per heavy atom. The van der Waals surface area contributed by atoms with E-state index in [-0.39, 0.29) is 12.1 Å². The van der Waals surface area contributed by atoms with Crippen molar-refractivity contribution in [2.45, 2.75) is 54.9 Å². The number of methoxy groups -OCH3 is 1. The summed E-state index contributed by atoms with van der Waals surface area (Å²) in [4.78, 5) is 2.28. The summed E-state index contributed by atoms with van der Waals surface area (Å²) >= 11 is 0. The number of likely N-dealkylation sites (N-methyl/N-ethyl adjacent to an activating group) is 1. The molecule has 5 rings (SSSR count). The minimum absolute atomic E-state index is 0.0849. The largest absolute Gasteiger partial charge is 0.493 e. The van der Waals surface area contributed by atoms with E-state index in [4.69, 9.17) is 9.47 Å². The minimum Gasteiger partial charge on any atom is -0.493 e. The van der Waals surface area contributed by atoms with Gasteiger partial charge in [0.2, 0.25) is 0 Å². The van der Waals surface area contributed by atoms with E-state index in [0.29, 0.717) is 18.6 Å². The van der Waals surface area contributed by atoms with Gasteiger partial charge in [0.25, 0.3) is 0 Å². The van der Waals surface area contributed by atoms with Crippen LogP contribution in [0.5, 0.6) is 11.5 Å². The Hall–Kier alpha value is -1.30. The molecule has 2 unspecified atom stereocenters. The van der Waals surface area contributed by atoms with E-state index in [0.717, 1.165) is 30.7 Å². The maximum absolute atomic E-state index is 11.8. The predicted molar refractivity (Wildman–Crippen MR) is 84.0 cm³/mol. The summed E-state index contributed by atoms with van der Waals surface area (Å²) in [5, 5.41) is 22.4. The fourth-order valence-electron chi connectivity index (χ4n) is 5.88. The number of ether oxygens (including phenoxy) is 2. The van der Waals surface area contributed by atoms with E-state index in [1.807, 2.05) is 6.07 Å². The van der Waals surface area contributed by atoms with E-state index in [9.17, 15) is 10.2 Å². The summed E-state index contributed by atoms with van der Waals surface area (Å²) in [6.07, 6.45) is 1.93. The van der Waals surface area contributed by atoms with Gasteiger partial charge in [0.05, 0.1) is 24.2 Å². The van der Waals surface area contributed by atoms with Gasteiger partial charge >= 0.3 is 0 Å². The van der Waals surface area contributed by atoms with Crippen molar-refractivity contribution in [3.63, 3.8) is 0 Å². The molecule has 0 aromatic heterocycles. The molecule has 5 heteroatoms. The molecule has 1 saturated heterocycles. The van der Waals surface area contributed by atoms with Gasteiger partial charge in [-0.25, -0.2) is 0 Å². The van der Waals surface area contributed by atoms with Crippen molar-refractivity contribution in [3.8, 4) is 11.5 Å². The van der Waals surface area contributed by atoms with Gasteiger partial charge in [-0.3, -0.25) is 0 Å². The van der Waals surface area contributed by atoms with Gasteiger partial charge in [-0.2, -0.15) is 0 Å². The molecule has 0 radical (unpaired) electrons. The van der Waals surface area contributed by atoms with Crippen LogP contribution in [0.15, 0.2) is 12.1 Å². The molecule has 124 valence electrons. The van der Waals surface area contributed by atoms with Gasteiger partial charge in [0.1, 0.15) is 6.10 Å². The molecular weight excluding hydrogens is 294 g/mol. The van der Waals surface area contributed by atoms with Crippen molar-refractivity contribution in [2.24, 2.45) is 0 Å². The molecule has 23 heavy (non-hydrogen) atoms. The summed E-state index contributed by atoms with van der Waals surface area (Å²) in [5.41, 5.74) is 0.999. The van der Waals surface area contributed by atoms with Crippen molar-refractivity contribution in [3.05, 3.63) is 23.3 Å². The molecule has 2 heterocycles. The normalized spacial score (nSPS) is 43.7. The average molecular weight is 317 g/mol. The summed E-state index contributed by atoms with van der Waals surface area (Å²) in [5.74, 6) is 1.46. The Morgan fingerprint density at radius 3 is 2.96 bits per heavy atom. The van der Waals surface area contributed by atoms with Crippen LogP contribution in [0.3, 0.4) is 0 Å². The molecular formula is C18H23NO4. The fourth-order valence-corrected chi connectivity index (χ4v) is 5.88. The van der Waals surface area contributed by atoms with Crippen LogP contribution in [-0.4, -0.2) is 59.7 Å². The third kappa shape index (κ3) is 1.37. The quantitative estimate of drug-likeness (QED) is 0.804. The maximum Gasteiger partial charge on any atom is 0.166 e. The minimum atomic E-state index is -0.839. The summed E-state index contributed by atoms with van der Waals surface area (Å²) in [7, 11) is 3.74. The van der Waals surface area contributed by atoms with Crippen LogP contribution in [0, 0.1) is 0 Å². The molecule has 2 aliphatic carbocycles. The van der Waals surface area contributed by atoms with E-state index in [1.165, 1.54) is 5.56 Å². The summed E-state index contributed by atoms with van der Waals surface area (Å²) in [6, 6.07) is 4.15. The van der Waals surface area contributed by atoms with Crippen LogP contribution in [0.25, 0.3) is 0 Å². The Balaban J connectivity index is 1.84. The Labute approximate surface area is 135 Å². The Bertz CT molecular complexity index is 692. The Morgan fingerprint density at radius 1 is 1.35 bits per heavy atom. The van der Waals surface area contributed by atoms with Gasteiger partial charge in [-0.05, 0) is 50.9 Å². The fraction of sp³-hybridized carbons (Fsp3) is 0.667. The van der Waals surface area contributed by atoms with E-state index in [2.05, 4.69) is 18.0 Å². The molecule has 1 spiro atoms. The lowest BCUT2D eigenvalue weighted by Crippen LogP contribution is -2.76. The molecule has 2 fully saturated rings. The highest BCUT2D eigenvalue weighted by molar-refractivity contribution is 5.62. The lowest BCUT2D eigenvalue weighted by molar-refractivity contribution is -0.204. The molecule has 5 nitrogen and oxygen atoms in total. The van der Waals surface area contributed by atoms with Crippen molar-refractivity contribution in [1.29, 1.82) is 0 Å². The molecule has 1 aromatic rings. The first-order valence-corrected chi connectivity index (χ1v) is 8.50. The summed E-state index contributed by atoms with van der Waals surface area (Å²) in [6.45, 7) is 0.912. The number of aliphatic hydroxyl groups excluding tert-OH is 1. The third-order valence-corrected chi connectivity index (χ3v) is 6.90. The van der Waals surface area contributed by atoms with Gasteiger partial charge in [0, 0.05) is 11.6 Å². The molecule has 4 aliphatic rings. The van der Waals surface area contributed by atoms with Gasteiger partial charge in [0.15, 0.2) is 11.5 Å². The molecule has 0 amide bonds. The third-order valence-electron chi connectivity index (χ3n) is 6.90. The van der Waals surface area contributed by atoms with Crippen LogP contribution in [0.4, 0.5) is 0 Å². The zero-order valence-electron chi connectivity index (χ0n) is 13.6. The summed E-state index contributed by atoms with van der Waals surface area (Å²) < 4.78 is 11.8. The molecule has 5 atom stereocenters. The highest BCUT2D eigenvalue weighted by Crippen LogP contribution is 2.65. The van der Waals surface area contributed by atoms with Crippen LogP contribution in [0.2, 0.25) is 0 Å². The highest BCUT2D eigenvalue weighted by atomic mass is 16.5. The first-order valence-electron chi connectivity index (χ1n) is 8.50. The van der Waals surface area contributed by atoms with Crippen LogP contribution in [0.1, 0.15) is 30.4 Å². The van der Waals surface area contributed by atoms with E-state index < -0.39 is 17.1 Å². The first-order chi connectivity index (χ1) is 11.0. The number of piperidine rings is 1. The molecule has 1 aromatic carbocycles. The molecule has 2 N–H and O–H groups in total. The predicted octanol–water partition coefficient (Wildman–Crippen LogP) is 0.840. The van der Waals surface area contributed by atoms with E-state index in [1.54, 1.807) is 7.11 Å². The average Bonchev–Trinajstić information content (AvgIpc) is 2.90. The van der Waals surface area contributed by atoms with Crippen LogP contribution < -0.4 is 9.47 Å². The number of nitrogens with zero attached hydrogens (tertiary/aromatic N) is 1. The zero-order chi connectivity index (χ0) is 16.0. The monoisotopic (exact) mass is 317 g/mol. The number of hydrogen-bond donors (Lipinski definition) is 2. The van der Waals surface area contributed by atoms with E-state index >= 15 is 0 Å². The second-order valence-corrected chi connectivity index (χ2v) is 7.62. The topological polar surface area (TPSA) is 62.2 Å². The second kappa shape index (κ2) is 4.21. The maximum atomic E-state index is 11.8. The van der Waals surface area contributed by atoms with Crippen molar-refractivity contribution in [1.82, 2.24) is 4.90 Å². The zero-order valence-corrected chi connectivity index (χ0v) is 13.6. The second-order valence-electron chi connectivity index (χ2n) is 7.62. The number of hydrogen-bond acceptors (Lipinski definition) is 5. The van der Waals surface area contributed by atoms with Crippen LogP contribution in [-0.2, 0) is 11.8 Å². The van der Waals surface area contributed by atoms with Gasteiger partial charge in [-0.1, -0.05) is 6.07 Å². The molecule has 1 saturated carbocycles. The Kier molecular flexibility index (Phi) is 2.57. The standard InChI is InChI=1S/C18H23NO4/c1-19-8-7-17-14-10-3-4-12(22-2)15(14)23-16(17)11(20)5-6-18(17,21)13(19)9-10/h3-4,11,13,16,20-21H,5-9H2,1-2H3/t11?,13-,16?,17+,18-/m1/s1.